The largest absolute Gasteiger partial charge is 0.344 e. The van der Waals surface area contributed by atoms with Gasteiger partial charge in [-0.15, -0.1) is 3.89 Å². The first-order valence-corrected chi connectivity index (χ1v) is 7.77. The van der Waals surface area contributed by atoms with Crippen LogP contribution in [0.2, 0.25) is 0 Å². The zero-order chi connectivity index (χ0) is 16.3. The van der Waals surface area contributed by atoms with Crippen LogP contribution >= 0.6 is 0 Å². The molecule has 1 aromatic heterocycles. The van der Waals surface area contributed by atoms with Gasteiger partial charge in [-0.3, -0.25) is 4.79 Å². The van der Waals surface area contributed by atoms with Crippen LogP contribution in [0.25, 0.3) is 0 Å². The molecule has 0 spiro atoms. The van der Waals surface area contributed by atoms with E-state index in [0.29, 0.717) is 17.3 Å². The van der Waals surface area contributed by atoms with Crippen molar-refractivity contribution >= 4 is 16.1 Å². The number of aryl methyl sites for hydroxylation is 1. The van der Waals surface area contributed by atoms with Crippen LogP contribution in [0.15, 0.2) is 33.7 Å². The van der Waals surface area contributed by atoms with E-state index >= 15 is 0 Å². The van der Waals surface area contributed by atoms with Gasteiger partial charge >= 0.3 is 10.2 Å². The highest BCUT2D eigenvalue weighted by atomic mass is 32.3. The van der Waals surface area contributed by atoms with Crippen LogP contribution < -0.4 is 5.32 Å². The second-order valence-electron chi connectivity index (χ2n) is 4.73. The number of carbonyl (C=O) groups excluding carboxylic acids is 1. The summed E-state index contributed by atoms with van der Waals surface area (Å²) in [6, 6.07) is 4.55. The van der Waals surface area contributed by atoms with Gasteiger partial charge in [0.25, 0.3) is 0 Å². The highest BCUT2D eigenvalue weighted by Gasteiger charge is 2.16. The Balaban J connectivity index is 1.97. The summed E-state index contributed by atoms with van der Waals surface area (Å²) in [5, 5.41) is 6.31. The van der Waals surface area contributed by atoms with Crippen molar-refractivity contribution in [2.75, 3.05) is 0 Å². The van der Waals surface area contributed by atoms with Gasteiger partial charge in [-0.2, -0.15) is 13.4 Å². The molecular weight excluding hydrogens is 313 g/mol. The smallest absolute Gasteiger partial charge is 0.332 e. The molecule has 22 heavy (non-hydrogen) atoms. The second-order valence-corrected chi connectivity index (χ2v) is 6.07. The van der Waals surface area contributed by atoms with Gasteiger partial charge in [-0.1, -0.05) is 17.3 Å². The number of carbonyl (C=O) groups is 1. The Bertz CT molecular complexity index is 771. The molecule has 0 saturated heterocycles. The topological polar surface area (TPSA) is 102 Å². The summed E-state index contributed by atoms with van der Waals surface area (Å²) in [5.41, 5.74) is 0.554. The predicted molar refractivity (Wildman–Crippen MR) is 74.0 cm³/mol. The molecule has 1 atom stereocenters. The fourth-order valence-electron chi connectivity index (χ4n) is 1.80. The van der Waals surface area contributed by atoms with Crippen molar-refractivity contribution in [2.24, 2.45) is 0 Å². The minimum Gasteiger partial charge on any atom is -0.344 e. The number of nitrogens with zero attached hydrogens (tertiary/aromatic N) is 2. The lowest BCUT2D eigenvalue weighted by atomic mass is 10.1. The Kier molecular flexibility index (Phi) is 4.55. The molecule has 0 bridgehead atoms. The Hall–Kier alpha value is -2.29. The molecule has 0 radical (unpaired) electrons. The number of nitrogens with one attached hydrogen (secondary N) is 1. The van der Waals surface area contributed by atoms with Crippen LogP contribution in [0.5, 0.6) is 0 Å². The normalized spacial score (nSPS) is 12.9. The third-order valence-corrected chi connectivity index (χ3v) is 3.70. The number of hydrogen-bond donors (Lipinski definition) is 1. The molecule has 0 aliphatic carbocycles. The maximum Gasteiger partial charge on any atom is 0.332 e. The number of halogens is 1. The number of rotatable bonds is 5. The number of benzene rings is 1. The molecule has 1 unspecified atom stereocenters. The van der Waals surface area contributed by atoms with Crippen LogP contribution in [0.4, 0.5) is 3.89 Å². The summed E-state index contributed by atoms with van der Waals surface area (Å²) >= 11 is 0. The predicted octanol–water partition coefficient (Wildman–Crippen LogP) is 1.46. The Morgan fingerprint density at radius 1 is 1.36 bits per heavy atom. The molecule has 7 nitrogen and oxygen atoms in total. The quantitative estimate of drug-likeness (QED) is 0.834. The third-order valence-electron chi connectivity index (χ3n) is 2.86. The molecule has 1 N–H and O–H groups in total. The van der Waals surface area contributed by atoms with Crippen molar-refractivity contribution in [1.29, 1.82) is 0 Å². The van der Waals surface area contributed by atoms with Gasteiger partial charge in [0.05, 0.1) is 11.3 Å². The lowest BCUT2D eigenvalue weighted by Gasteiger charge is -2.09. The van der Waals surface area contributed by atoms with E-state index in [1.165, 1.54) is 12.1 Å². The van der Waals surface area contributed by atoms with Crippen molar-refractivity contribution in [3.8, 4) is 0 Å². The van der Waals surface area contributed by atoms with Crippen LogP contribution in [0.1, 0.15) is 30.2 Å². The van der Waals surface area contributed by atoms with E-state index in [-0.39, 0.29) is 12.3 Å². The summed E-state index contributed by atoms with van der Waals surface area (Å²) in [4.78, 5) is 15.5. The zero-order valence-corrected chi connectivity index (χ0v) is 12.7. The van der Waals surface area contributed by atoms with Crippen LogP contribution in [0, 0.1) is 6.92 Å². The van der Waals surface area contributed by atoms with Gasteiger partial charge < -0.3 is 9.84 Å². The minimum atomic E-state index is -4.73. The molecular formula is C13H14FN3O4S. The van der Waals surface area contributed by atoms with Gasteiger partial charge in [0.15, 0.2) is 5.82 Å². The average molecular weight is 327 g/mol. The first kappa shape index (κ1) is 16.1. The number of aromatic nitrogens is 2. The second kappa shape index (κ2) is 6.22. The van der Waals surface area contributed by atoms with E-state index in [1.54, 1.807) is 13.8 Å². The lowest BCUT2D eigenvalue weighted by Crippen LogP contribution is -2.28. The average Bonchev–Trinajstić information content (AvgIpc) is 2.85. The SMILES string of the molecule is Cc1noc(C(C)NC(=O)Cc2ccc(S(=O)(=O)F)cc2)n1. The van der Waals surface area contributed by atoms with Gasteiger partial charge in [0.1, 0.15) is 6.04 Å². The third kappa shape index (κ3) is 4.10. The summed E-state index contributed by atoms with van der Waals surface area (Å²) in [5.74, 6) is 0.461. The maximum absolute atomic E-state index is 12.7. The van der Waals surface area contributed by atoms with Crippen LogP contribution in [-0.2, 0) is 21.4 Å². The fraction of sp³-hybridized carbons (Fsp3) is 0.308. The van der Waals surface area contributed by atoms with E-state index in [2.05, 4.69) is 15.5 Å². The highest BCUT2D eigenvalue weighted by Crippen LogP contribution is 2.14. The van der Waals surface area contributed by atoms with Gasteiger partial charge in [0.2, 0.25) is 11.8 Å². The summed E-state index contributed by atoms with van der Waals surface area (Å²) in [6.07, 6.45) is 0.0179. The first-order chi connectivity index (χ1) is 10.3. The first-order valence-electron chi connectivity index (χ1n) is 6.39. The van der Waals surface area contributed by atoms with E-state index < -0.39 is 21.2 Å². The Morgan fingerprint density at radius 2 is 2.00 bits per heavy atom. The molecule has 9 heteroatoms. The molecule has 0 fully saturated rings. The summed E-state index contributed by atoms with van der Waals surface area (Å²) in [6.45, 7) is 3.37. The summed E-state index contributed by atoms with van der Waals surface area (Å²) < 4.78 is 39.1. The van der Waals surface area contributed by atoms with Crippen molar-refractivity contribution < 1.29 is 21.6 Å². The molecule has 1 heterocycles. The van der Waals surface area contributed by atoms with Crippen molar-refractivity contribution in [3.63, 3.8) is 0 Å². The molecule has 2 aromatic rings. The van der Waals surface area contributed by atoms with Gasteiger partial charge in [-0.25, -0.2) is 0 Å². The standard InChI is InChI=1S/C13H14FN3O4S/c1-8(13-16-9(2)17-21-13)15-12(18)7-10-3-5-11(6-4-10)22(14,19)20/h3-6,8H,7H2,1-2H3,(H,15,18). The monoisotopic (exact) mass is 327 g/mol. The Morgan fingerprint density at radius 3 is 2.50 bits per heavy atom. The minimum absolute atomic E-state index is 0.0179. The molecule has 1 aromatic carbocycles. The number of amides is 1. The van der Waals surface area contributed by atoms with E-state index in [9.17, 15) is 17.1 Å². The Labute approximate surface area is 126 Å². The van der Waals surface area contributed by atoms with Crippen molar-refractivity contribution in [3.05, 3.63) is 41.5 Å². The molecule has 0 saturated carbocycles. The molecule has 118 valence electrons. The van der Waals surface area contributed by atoms with E-state index in [0.717, 1.165) is 12.1 Å². The zero-order valence-electron chi connectivity index (χ0n) is 11.9. The summed E-state index contributed by atoms with van der Waals surface area (Å²) in [7, 11) is -4.73. The number of hydrogen-bond acceptors (Lipinski definition) is 6. The molecule has 0 aliphatic heterocycles. The lowest BCUT2D eigenvalue weighted by molar-refractivity contribution is -0.121. The fourth-order valence-corrected chi connectivity index (χ4v) is 2.26. The van der Waals surface area contributed by atoms with Crippen LogP contribution in [0.3, 0.4) is 0 Å². The molecule has 0 aliphatic rings. The highest BCUT2D eigenvalue weighted by molar-refractivity contribution is 7.86. The van der Waals surface area contributed by atoms with E-state index in [4.69, 9.17) is 4.52 Å². The molecule has 2 rings (SSSR count). The van der Waals surface area contributed by atoms with Crippen molar-refractivity contribution in [2.45, 2.75) is 31.2 Å². The molecule has 1 amide bonds. The van der Waals surface area contributed by atoms with Crippen LogP contribution in [-0.4, -0.2) is 24.5 Å². The maximum atomic E-state index is 12.7. The van der Waals surface area contributed by atoms with E-state index in [1.807, 2.05) is 0 Å². The van der Waals surface area contributed by atoms with Gasteiger partial charge in [0, 0.05) is 0 Å². The van der Waals surface area contributed by atoms with Crippen molar-refractivity contribution in [1.82, 2.24) is 15.5 Å². The van der Waals surface area contributed by atoms with Gasteiger partial charge in [-0.05, 0) is 31.5 Å².